The Morgan fingerprint density at radius 2 is 1.95 bits per heavy atom. The van der Waals surface area contributed by atoms with Crippen LogP contribution in [-0.2, 0) is 6.42 Å². The van der Waals surface area contributed by atoms with E-state index in [0.29, 0.717) is 17.7 Å². The minimum absolute atomic E-state index is 0.143. The quantitative estimate of drug-likeness (QED) is 0.804. The van der Waals surface area contributed by atoms with E-state index in [-0.39, 0.29) is 6.61 Å². The van der Waals surface area contributed by atoms with Gasteiger partial charge in [-0.25, -0.2) is 9.97 Å². The smallest absolute Gasteiger partial charge is 0.165 e. The molecule has 2 aromatic heterocycles. The van der Waals surface area contributed by atoms with E-state index < -0.39 is 0 Å². The van der Waals surface area contributed by atoms with Gasteiger partial charge in [0.1, 0.15) is 17.9 Å². The number of pyridine rings is 1. The number of aromatic nitrogens is 3. The summed E-state index contributed by atoms with van der Waals surface area (Å²) in [6.07, 6.45) is 2.37. The highest BCUT2D eigenvalue weighted by Crippen LogP contribution is 2.23. The normalized spacial score (nSPS) is 10.8. The summed E-state index contributed by atoms with van der Waals surface area (Å²) < 4.78 is 1.92. The molecule has 2 heterocycles. The van der Waals surface area contributed by atoms with Crippen molar-refractivity contribution in [3.05, 3.63) is 53.0 Å². The summed E-state index contributed by atoms with van der Waals surface area (Å²) in [5.41, 5.74) is 5.72. The van der Waals surface area contributed by atoms with Gasteiger partial charge in [-0.1, -0.05) is 12.1 Å². The van der Waals surface area contributed by atoms with E-state index in [4.69, 9.17) is 5.11 Å². The molecular formula is C17H16N4O. The maximum atomic E-state index is 9.22. The van der Waals surface area contributed by atoms with Gasteiger partial charge in [-0.15, -0.1) is 0 Å². The van der Waals surface area contributed by atoms with Crippen LogP contribution in [0.3, 0.4) is 0 Å². The SMILES string of the molecule is Cc1nc2c(ncn2-c2ccc(CCO)cc2)c(C)c1C#N. The zero-order valence-electron chi connectivity index (χ0n) is 12.5. The van der Waals surface area contributed by atoms with Crippen LogP contribution in [0.25, 0.3) is 16.9 Å². The Kier molecular flexibility index (Phi) is 3.61. The fraction of sp³-hybridized carbons (Fsp3) is 0.235. The third-order valence-corrected chi connectivity index (χ3v) is 3.83. The molecule has 22 heavy (non-hydrogen) atoms. The fourth-order valence-electron chi connectivity index (χ4n) is 2.62. The Labute approximate surface area is 128 Å². The molecule has 0 spiro atoms. The summed E-state index contributed by atoms with van der Waals surface area (Å²) in [6, 6.07) is 10.1. The number of benzene rings is 1. The Bertz CT molecular complexity index is 872. The van der Waals surface area contributed by atoms with Crippen molar-refractivity contribution in [1.82, 2.24) is 14.5 Å². The van der Waals surface area contributed by atoms with E-state index in [1.54, 1.807) is 6.33 Å². The predicted molar refractivity (Wildman–Crippen MR) is 83.8 cm³/mol. The maximum absolute atomic E-state index is 9.22. The van der Waals surface area contributed by atoms with Gasteiger partial charge in [0.15, 0.2) is 5.65 Å². The van der Waals surface area contributed by atoms with Crippen molar-refractivity contribution in [2.75, 3.05) is 6.61 Å². The van der Waals surface area contributed by atoms with Crippen LogP contribution in [0.4, 0.5) is 0 Å². The van der Waals surface area contributed by atoms with Crippen LogP contribution in [0.1, 0.15) is 22.4 Å². The second kappa shape index (κ2) is 5.58. The molecule has 1 N–H and O–H groups in total. The molecule has 5 heteroatoms. The first-order valence-electron chi connectivity index (χ1n) is 7.10. The molecule has 0 aliphatic rings. The lowest BCUT2D eigenvalue weighted by molar-refractivity contribution is 0.299. The minimum atomic E-state index is 0.143. The number of rotatable bonds is 3. The Hall–Kier alpha value is -2.71. The van der Waals surface area contributed by atoms with E-state index in [9.17, 15) is 5.26 Å². The molecule has 0 saturated heterocycles. The molecule has 3 aromatic rings. The summed E-state index contributed by atoms with van der Waals surface area (Å²) in [4.78, 5) is 8.95. The first-order chi connectivity index (χ1) is 10.7. The number of fused-ring (bicyclic) bond motifs is 1. The number of aryl methyl sites for hydroxylation is 2. The lowest BCUT2D eigenvalue weighted by atomic mass is 10.1. The average molecular weight is 292 g/mol. The van der Waals surface area contributed by atoms with Gasteiger partial charge in [-0.05, 0) is 43.5 Å². The first-order valence-corrected chi connectivity index (χ1v) is 7.10. The van der Waals surface area contributed by atoms with E-state index in [1.807, 2.05) is 42.7 Å². The second-order valence-corrected chi connectivity index (χ2v) is 5.24. The molecule has 0 saturated carbocycles. The topological polar surface area (TPSA) is 74.7 Å². The zero-order valence-corrected chi connectivity index (χ0v) is 12.5. The molecular weight excluding hydrogens is 276 g/mol. The number of hydrogen-bond donors (Lipinski definition) is 1. The van der Waals surface area contributed by atoms with Gasteiger partial charge in [0, 0.05) is 12.3 Å². The molecule has 0 radical (unpaired) electrons. The fourth-order valence-corrected chi connectivity index (χ4v) is 2.62. The molecule has 0 unspecified atom stereocenters. The molecule has 0 amide bonds. The van der Waals surface area contributed by atoms with Crippen LogP contribution in [0.2, 0.25) is 0 Å². The van der Waals surface area contributed by atoms with E-state index in [2.05, 4.69) is 16.0 Å². The Morgan fingerprint density at radius 3 is 2.59 bits per heavy atom. The van der Waals surface area contributed by atoms with Crippen molar-refractivity contribution in [3.8, 4) is 11.8 Å². The number of aliphatic hydroxyl groups is 1. The molecule has 110 valence electrons. The van der Waals surface area contributed by atoms with Crippen molar-refractivity contribution >= 4 is 11.2 Å². The Morgan fingerprint density at radius 1 is 1.23 bits per heavy atom. The van der Waals surface area contributed by atoms with Crippen molar-refractivity contribution in [2.45, 2.75) is 20.3 Å². The maximum Gasteiger partial charge on any atom is 0.165 e. The van der Waals surface area contributed by atoms with Gasteiger partial charge < -0.3 is 5.11 Å². The highest BCUT2D eigenvalue weighted by molar-refractivity contribution is 5.79. The predicted octanol–water partition coefficient (Wildman–Crippen LogP) is 2.44. The summed E-state index contributed by atoms with van der Waals surface area (Å²) >= 11 is 0. The monoisotopic (exact) mass is 292 g/mol. The van der Waals surface area contributed by atoms with Gasteiger partial charge in [-0.3, -0.25) is 4.57 Å². The van der Waals surface area contributed by atoms with Crippen LogP contribution in [0.15, 0.2) is 30.6 Å². The van der Waals surface area contributed by atoms with Gasteiger partial charge in [-0.2, -0.15) is 5.26 Å². The number of aliphatic hydroxyl groups excluding tert-OH is 1. The van der Waals surface area contributed by atoms with Crippen LogP contribution in [-0.4, -0.2) is 26.2 Å². The van der Waals surface area contributed by atoms with Gasteiger partial charge in [0.2, 0.25) is 0 Å². The third kappa shape index (κ3) is 2.24. The largest absolute Gasteiger partial charge is 0.396 e. The van der Waals surface area contributed by atoms with E-state index >= 15 is 0 Å². The highest BCUT2D eigenvalue weighted by atomic mass is 16.2. The van der Waals surface area contributed by atoms with Crippen LogP contribution >= 0.6 is 0 Å². The molecule has 0 atom stereocenters. The number of nitrogens with zero attached hydrogens (tertiary/aromatic N) is 4. The molecule has 5 nitrogen and oxygen atoms in total. The van der Waals surface area contributed by atoms with Gasteiger partial charge in [0.25, 0.3) is 0 Å². The molecule has 1 aromatic carbocycles. The summed E-state index contributed by atoms with van der Waals surface area (Å²) in [6.45, 7) is 3.88. The second-order valence-electron chi connectivity index (χ2n) is 5.24. The van der Waals surface area contributed by atoms with Crippen molar-refractivity contribution in [3.63, 3.8) is 0 Å². The van der Waals surface area contributed by atoms with E-state index in [0.717, 1.165) is 28.0 Å². The van der Waals surface area contributed by atoms with E-state index in [1.165, 1.54) is 0 Å². The van der Waals surface area contributed by atoms with Crippen molar-refractivity contribution < 1.29 is 5.11 Å². The minimum Gasteiger partial charge on any atom is -0.396 e. The van der Waals surface area contributed by atoms with Crippen molar-refractivity contribution in [2.24, 2.45) is 0 Å². The number of nitriles is 1. The molecule has 0 aliphatic carbocycles. The molecule has 0 bridgehead atoms. The standard InChI is InChI=1S/C17H16N4O/c1-11-15(9-18)12(2)20-17-16(11)19-10-21(17)14-5-3-13(4-6-14)7-8-22/h3-6,10,22H,7-8H2,1-2H3. The van der Waals surface area contributed by atoms with Gasteiger partial charge in [0.05, 0.1) is 11.3 Å². The van der Waals surface area contributed by atoms with Crippen LogP contribution < -0.4 is 0 Å². The lowest BCUT2D eigenvalue weighted by Crippen LogP contribution is -1.99. The molecule has 3 rings (SSSR count). The lowest BCUT2D eigenvalue weighted by Gasteiger charge is -2.07. The summed E-state index contributed by atoms with van der Waals surface area (Å²) in [5, 5.41) is 18.2. The summed E-state index contributed by atoms with van der Waals surface area (Å²) in [7, 11) is 0. The van der Waals surface area contributed by atoms with Crippen LogP contribution in [0.5, 0.6) is 0 Å². The first kappa shape index (κ1) is 14.2. The average Bonchev–Trinajstić information content (AvgIpc) is 2.93. The Balaban J connectivity index is 2.14. The number of imidazole rings is 1. The number of hydrogen-bond acceptors (Lipinski definition) is 4. The van der Waals surface area contributed by atoms with Crippen molar-refractivity contribution in [1.29, 1.82) is 5.26 Å². The highest BCUT2D eigenvalue weighted by Gasteiger charge is 2.14. The molecule has 0 aliphatic heterocycles. The van der Waals surface area contributed by atoms with Crippen LogP contribution in [0, 0.1) is 25.2 Å². The summed E-state index contributed by atoms with van der Waals surface area (Å²) in [5.74, 6) is 0. The zero-order chi connectivity index (χ0) is 15.7. The van der Waals surface area contributed by atoms with Gasteiger partial charge >= 0.3 is 0 Å². The third-order valence-electron chi connectivity index (χ3n) is 3.83. The molecule has 0 fully saturated rings.